The maximum absolute atomic E-state index is 13.3. The van der Waals surface area contributed by atoms with Crippen molar-refractivity contribution in [3.8, 4) is 0 Å². The molecular formula is C19H16O5. The number of Topliss-reactive ketones (excluding diaryl/α,β-unsaturated/α-hetero) is 1. The summed E-state index contributed by atoms with van der Waals surface area (Å²) in [5.41, 5.74) is -1.42. The van der Waals surface area contributed by atoms with Crippen LogP contribution in [0.4, 0.5) is 0 Å². The molecular weight excluding hydrogens is 308 g/mol. The van der Waals surface area contributed by atoms with E-state index in [0.717, 1.165) is 6.08 Å². The highest BCUT2D eigenvalue weighted by Crippen LogP contribution is 2.46. The van der Waals surface area contributed by atoms with Crippen molar-refractivity contribution in [3.63, 3.8) is 0 Å². The summed E-state index contributed by atoms with van der Waals surface area (Å²) in [4.78, 5) is 50.0. The molecule has 0 fully saturated rings. The molecule has 0 saturated heterocycles. The molecule has 1 aromatic rings. The molecule has 122 valence electrons. The molecule has 3 rings (SSSR count). The zero-order valence-corrected chi connectivity index (χ0v) is 13.1. The largest absolute Gasteiger partial charge is 0.457 e. The third-order valence-corrected chi connectivity index (χ3v) is 4.54. The minimum absolute atomic E-state index is 0.255. The number of hydrogen-bond donors (Lipinski definition) is 0. The summed E-state index contributed by atoms with van der Waals surface area (Å²) in [6.45, 7) is 1.21. The lowest BCUT2D eigenvalue weighted by molar-refractivity contribution is -0.156. The van der Waals surface area contributed by atoms with Crippen LogP contribution in [0.5, 0.6) is 0 Å². The molecule has 1 aromatic carbocycles. The predicted octanol–water partition coefficient (Wildman–Crippen LogP) is 2.07. The molecule has 3 atom stereocenters. The molecule has 0 heterocycles. The van der Waals surface area contributed by atoms with E-state index in [2.05, 4.69) is 0 Å². The molecule has 0 aromatic heterocycles. The molecule has 0 saturated carbocycles. The maximum Gasteiger partial charge on any atom is 0.303 e. The number of ketones is 3. The van der Waals surface area contributed by atoms with Gasteiger partial charge in [-0.25, -0.2) is 0 Å². The third-order valence-electron chi connectivity index (χ3n) is 4.54. The first-order valence-corrected chi connectivity index (χ1v) is 7.68. The molecule has 0 spiro atoms. The van der Waals surface area contributed by atoms with Gasteiger partial charge >= 0.3 is 5.97 Å². The Morgan fingerprint density at radius 1 is 1.12 bits per heavy atom. The first-order chi connectivity index (χ1) is 11.5. The highest BCUT2D eigenvalue weighted by Gasteiger charge is 2.61. The van der Waals surface area contributed by atoms with Gasteiger partial charge in [-0.2, -0.15) is 0 Å². The first kappa shape index (κ1) is 16.1. The molecule has 0 unspecified atom stereocenters. The Balaban J connectivity index is 2.20. The summed E-state index contributed by atoms with van der Waals surface area (Å²) in [6.07, 6.45) is 4.69. The lowest BCUT2D eigenvalue weighted by Crippen LogP contribution is -2.58. The summed E-state index contributed by atoms with van der Waals surface area (Å²) >= 11 is 0. The Morgan fingerprint density at radius 2 is 1.83 bits per heavy atom. The van der Waals surface area contributed by atoms with Crippen molar-refractivity contribution in [2.75, 3.05) is 0 Å². The normalized spacial score (nSPS) is 28.4. The average molecular weight is 324 g/mol. The molecule has 0 aliphatic heterocycles. The van der Waals surface area contributed by atoms with E-state index in [1.54, 1.807) is 36.4 Å². The second-order valence-electron chi connectivity index (χ2n) is 5.91. The van der Waals surface area contributed by atoms with Crippen LogP contribution in [-0.2, 0) is 19.1 Å². The first-order valence-electron chi connectivity index (χ1n) is 7.68. The van der Waals surface area contributed by atoms with Crippen LogP contribution in [0, 0.1) is 11.3 Å². The van der Waals surface area contributed by atoms with E-state index < -0.39 is 35.0 Å². The van der Waals surface area contributed by atoms with Gasteiger partial charge in [0, 0.05) is 18.4 Å². The lowest BCUT2D eigenvalue weighted by Gasteiger charge is -2.43. The van der Waals surface area contributed by atoms with Crippen LogP contribution < -0.4 is 0 Å². The Kier molecular flexibility index (Phi) is 4.01. The van der Waals surface area contributed by atoms with E-state index in [0.29, 0.717) is 5.56 Å². The second-order valence-corrected chi connectivity index (χ2v) is 5.91. The van der Waals surface area contributed by atoms with Gasteiger partial charge in [0.25, 0.3) is 0 Å². The van der Waals surface area contributed by atoms with E-state index >= 15 is 0 Å². The molecule has 0 amide bonds. The SMILES string of the molecule is CC(=O)O[C@@H]1C=CC[C@@H]2C(=O)C=CC(=O)[C@@]21C(=O)c1ccccc1. The van der Waals surface area contributed by atoms with E-state index in [1.165, 1.54) is 19.1 Å². The maximum atomic E-state index is 13.3. The van der Waals surface area contributed by atoms with Crippen LogP contribution in [-0.4, -0.2) is 29.4 Å². The minimum Gasteiger partial charge on any atom is -0.457 e. The molecule has 5 nitrogen and oxygen atoms in total. The van der Waals surface area contributed by atoms with Gasteiger partial charge in [-0.1, -0.05) is 36.4 Å². The van der Waals surface area contributed by atoms with Gasteiger partial charge < -0.3 is 4.74 Å². The predicted molar refractivity (Wildman–Crippen MR) is 85.2 cm³/mol. The number of esters is 1. The fraction of sp³-hybridized carbons (Fsp3) is 0.263. The van der Waals surface area contributed by atoms with Crippen molar-refractivity contribution < 1.29 is 23.9 Å². The van der Waals surface area contributed by atoms with Gasteiger partial charge in [0.15, 0.2) is 17.3 Å². The summed E-state index contributed by atoms with van der Waals surface area (Å²) in [6, 6.07) is 8.30. The lowest BCUT2D eigenvalue weighted by atomic mass is 9.57. The number of rotatable bonds is 3. The zero-order valence-electron chi connectivity index (χ0n) is 13.1. The Bertz CT molecular complexity index is 774. The highest BCUT2D eigenvalue weighted by atomic mass is 16.5. The number of fused-ring (bicyclic) bond motifs is 1. The molecule has 0 bridgehead atoms. The number of hydrogen-bond acceptors (Lipinski definition) is 5. The van der Waals surface area contributed by atoms with Gasteiger partial charge in [0.1, 0.15) is 11.5 Å². The molecule has 2 aliphatic carbocycles. The van der Waals surface area contributed by atoms with Crippen molar-refractivity contribution in [3.05, 3.63) is 60.2 Å². The highest BCUT2D eigenvalue weighted by molar-refractivity contribution is 6.24. The van der Waals surface area contributed by atoms with Crippen LogP contribution in [0.3, 0.4) is 0 Å². The van der Waals surface area contributed by atoms with Gasteiger partial charge in [0.2, 0.25) is 0 Å². The smallest absolute Gasteiger partial charge is 0.303 e. The number of benzene rings is 1. The average Bonchev–Trinajstić information content (AvgIpc) is 2.58. The van der Waals surface area contributed by atoms with Crippen LogP contribution >= 0.6 is 0 Å². The van der Waals surface area contributed by atoms with Gasteiger partial charge in [-0.15, -0.1) is 0 Å². The van der Waals surface area contributed by atoms with Crippen molar-refractivity contribution in [2.24, 2.45) is 11.3 Å². The third kappa shape index (κ3) is 2.33. The van der Waals surface area contributed by atoms with Crippen LogP contribution in [0.2, 0.25) is 0 Å². The molecule has 0 N–H and O–H groups in total. The number of carbonyl (C=O) groups excluding carboxylic acids is 4. The van der Waals surface area contributed by atoms with Crippen molar-refractivity contribution in [1.82, 2.24) is 0 Å². The summed E-state index contributed by atoms with van der Waals surface area (Å²) in [5.74, 6) is -2.78. The summed E-state index contributed by atoms with van der Waals surface area (Å²) < 4.78 is 5.27. The van der Waals surface area contributed by atoms with Crippen molar-refractivity contribution >= 4 is 23.3 Å². The number of allylic oxidation sites excluding steroid dienone is 3. The number of carbonyl (C=O) groups is 4. The van der Waals surface area contributed by atoms with Gasteiger partial charge in [-0.05, 0) is 24.6 Å². The Labute approximate surface area is 139 Å². The minimum atomic E-state index is -1.73. The summed E-state index contributed by atoms with van der Waals surface area (Å²) in [7, 11) is 0. The van der Waals surface area contributed by atoms with Crippen LogP contribution in [0.15, 0.2) is 54.6 Å². The fourth-order valence-electron chi connectivity index (χ4n) is 3.48. The Hall–Kier alpha value is -2.82. The zero-order chi connectivity index (χ0) is 17.3. The van der Waals surface area contributed by atoms with Gasteiger partial charge in [-0.3, -0.25) is 19.2 Å². The number of ether oxygens (including phenoxy) is 1. The van der Waals surface area contributed by atoms with Gasteiger partial charge in [0.05, 0.1) is 0 Å². The van der Waals surface area contributed by atoms with E-state index in [-0.39, 0.29) is 12.2 Å². The second kappa shape index (κ2) is 6.00. The Morgan fingerprint density at radius 3 is 2.50 bits per heavy atom. The quantitative estimate of drug-likeness (QED) is 0.368. The molecule has 5 heteroatoms. The van der Waals surface area contributed by atoms with Crippen molar-refractivity contribution in [2.45, 2.75) is 19.4 Å². The van der Waals surface area contributed by atoms with E-state index in [1.807, 2.05) is 0 Å². The molecule has 24 heavy (non-hydrogen) atoms. The molecule has 2 aliphatic rings. The summed E-state index contributed by atoms with van der Waals surface area (Å²) in [5, 5.41) is 0. The topological polar surface area (TPSA) is 77.5 Å². The van der Waals surface area contributed by atoms with E-state index in [9.17, 15) is 19.2 Å². The standard InChI is InChI=1S/C19H16O5/c1-12(20)24-17-9-5-8-14-15(21)10-11-16(22)19(14,17)18(23)13-6-3-2-4-7-13/h2-7,9-11,14,17H,8H2,1H3/t14-,17-,19+/m1/s1. The van der Waals surface area contributed by atoms with E-state index in [4.69, 9.17) is 4.74 Å². The van der Waals surface area contributed by atoms with Crippen LogP contribution in [0.25, 0.3) is 0 Å². The molecule has 0 radical (unpaired) electrons. The van der Waals surface area contributed by atoms with Crippen LogP contribution in [0.1, 0.15) is 23.7 Å². The fourth-order valence-corrected chi connectivity index (χ4v) is 3.48. The monoisotopic (exact) mass is 324 g/mol. The van der Waals surface area contributed by atoms with Crippen molar-refractivity contribution in [1.29, 1.82) is 0 Å².